The number of hydrogen-bond donors (Lipinski definition) is 8. The molecule has 1 aliphatic heterocycles. The minimum atomic E-state index is -1.31. The average molecular weight is 372 g/mol. The Hall–Kier alpha value is -1.05. The van der Waals surface area contributed by atoms with Crippen LogP contribution in [0.5, 0.6) is 0 Å². The minimum absolute atomic E-state index is 0. The lowest BCUT2D eigenvalue weighted by Gasteiger charge is -2.40. The number of nitrogens with one attached hydrogen (secondary N) is 3. The number of amides is 2. The molecule has 2 amide bonds. The number of carbonyl (C=O) groups excluding carboxylic acids is 2. The molecule has 0 radical (unpaired) electrons. The predicted molar refractivity (Wildman–Crippen MR) is 85.1 cm³/mol. The van der Waals surface area contributed by atoms with Gasteiger partial charge in [-0.3, -0.25) is 20.4 Å². The molecule has 142 valence electrons. The number of unbranched alkanes of at least 4 members (excludes halogenated alkanes) is 1. The molecule has 0 bridgehead atoms. The molecule has 0 aromatic carbocycles. The number of ether oxygens (including phenoxy) is 1. The second kappa shape index (κ2) is 11.5. The lowest BCUT2D eigenvalue weighted by Crippen LogP contribution is -2.67. The van der Waals surface area contributed by atoms with E-state index in [-0.39, 0.29) is 37.1 Å². The maximum Gasteiger partial charge on any atom is 0.234 e. The number of nitrogens with two attached hydrogens (primary N) is 2. The SMILES string of the molecule is Cl.NNC(=O)CCCCC(=O)NNC1OC(CO)C(O)C(O)C1N. The zero-order valence-corrected chi connectivity index (χ0v) is 13.9. The molecule has 10 N–H and O–H groups in total. The van der Waals surface area contributed by atoms with Crippen LogP contribution in [0.15, 0.2) is 0 Å². The Kier molecular flexibility index (Phi) is 11.0. The second-order valence-electron chi connectivity index (χ2n) is 5.30. The van der Waals surface area contributed by atoms with E-state index < -0.39 is 37.2 Å². The van der Waals surface area contributed by atoms with Gasteiger partial charge in [-0.15, -0.1) is 12.4 Å². The summed E-state index contributed by atoms with van der Waals surface area (Å²) in [5.41, 5.74) is 12.6. The van der Waals surface area contributed by atoms with Crippen molar-refractivity contribution < 1.29 is 29.6 Å². The topological polar surface area (TPSA) is 192 Å². The third-order valence-corrected chi connectivity index (χ3v) is 3.55. The summed E-state index contributed by atoms with van der Waals surface area (Å²) in [5, 5.41) is 28.5. The fourth-order valence-corrected chi connectivity index (χ4v) is 2.12. The third kappa shape index (κ3) is 6.83. The van der Waals surface area contributed by atoms with Gasteiger partial charge in [-0.25, -0.2) is 11.3 Å². The summed E-state index contributed by atoms with van der Waals surface area (Å²) >= 11 is 0. The molecule has 12 heteroatoms. The predicted octanol–water partition coefficient (Wildman–Crippen LogP) is -3.65. The number of rotatable bonds is 8. The molecular formula is C12H26ClN5O6. The zero-order chi connectivity index (χ0) is 17.4. The van der Waals surface area contributed by atoms with Crippen molar-refractivity contribution >= 4 is 24.2 Å². The number of aliphatic hydroxyl groups is 3. The van der Waals surface area contributed by atoms with Crippen LogP contribution in [0.2, 0.25) is 0 Å². The summed E-state index contributed by atoms with van der Waals surface area (Å²) in [6.45, 7) is -0.500. The molecule has 0 aliphatic carbocycles. The van der Waals surface area contributed by atoms with E-state index in [9.17, 15) is 19.8 Å². The van der Waals surface area contributed by atoms with E-state index in [1.165, 1.54) is 0 Å². The van der Waals surface area contributed by atoms with Crippen molar-refractivity contribution in [3.63, 3.8) is 0 Å². The number of aliphatic hydroxyl groups excluding tert-OH is 3. The van der Waals surface area contributed by atoms with E-state index in [1.807, 2.05) is 5.43 Å². The molecule has 1 rings (SSSR count). The normalized spacial score (nSPS) is 29.5. The molecule has 1 heterocycles. The van der Waals surface area contributed by atoms with Gasteiger partial charge in [0, 0.05) is 12.8 Å². The van der Waals surface area contributed by atoms with Crippen molar-refractivity contribution in [3.8, 4) is 0 Å². The number of carbonyl (C=O) groups is 2. The fourth-order valence-electron chi connectivity index (χ4n) is 2.12. The van der Waals surface area contributed by atoms with Gasteiger partial charge in [-0.2, -0.15) is 0 Å². The van der Waals surface area contributed by atoms with Crippen molar-refractivity contribution in [3.05, 3.63) is 0 Å². The first-order valence-electron chi connectivity index (χ1n) is 7.32. The van der Waals surface area contributed by atoms with Crippen LogP contribution in [0.1, 0.15) is 25.7 Å². The third-order valence-electron chi connectivity index (χ3n) is 3.55. The summed E-state index contributed by atoms with van der Waals surface area (Å²) in [6, 6.07) is -0.985. The van der Waals surface area contributed by atoms with Gasteiger partial charge in [0.25, 0.3) is 0 Å². The maximum absolute atomic E-state index is 11.6. The van der Waals surface area contributed by atoms with Crippen LogP contribution in [-0.2, 0) is 14.3 Å². The summed E-state index contributed by atoms with van der Waals surface area (Å²) in [4.78, 5) is 22.5. The highest BCUT2D eigenvalue weighted by Crippen LogP contribution is 2.17. The molecule has 0 spiro atoms. The van der Waals surface area contributed by atoms with Crippen molar-refractivity contribution in [2.45, 2.75) is 56.3 Å². The van der Waals surface area contributed by atoms with Gasteiger partial charge in [0.1, 0.15) is 24.5 Å². The highest BCUT2D eigenvalue weighted by molar-refractivity contribution is 5.85. The van der Waals surface area contributed by atoms with Crippen molar-refractivity contribution in [2.75, 3.05) is 6.61 Å². The Morgan fingerprint density at radius 1 is 1.08 bits per heavy atom. The first-order valence-corrected chi connectivity index (χ1v) is 7.32. The molecule has 5 unspecified atom stereocenters. The monoisotopic (exact) mass is 371 g/mol. The molecule has 24 heavy (non-hydrogen) atoms. The zero-order valence-electron chi connectivity index (χ0n) is 13.1. The Morgan fingerprint density at radius 3 is 2.21 bits per heavy atom. The molecule has 1 saturated heterocycles. The van der Waals surface area contributed by atoms with E-state index in [0.717, 1.165) is 0 Å². The Labute approximate surface area is 145 Å². The quantitative estimate of drug-likeness (QED) is 0.0918. The maximum atomic E-state index is 11.6. The molecule has 0 saturated carbocycles. The first-order chi connectivity index (χ1) is 10.9. The molecule has 11 nitrogen and oxygen atoms in total. The number of hydrogen-bond acceptors (Lipinski definition) is 9. The Balaban J connectivity index is 0.00000529. The highest BCUT2D eigenvalue weighted by Gasteiger charge is 2.42. The van der Waals surface area contributed by atoms with Crippen LogP contribution in [0.4, 0.5) is 0 Å². The van der Waals surface area contributed by atoms with E-state index in [1.54, 1.807) is 0 Å². The first kappa shape index (κ1) is 22.9. The van der Waals surface area contributed by atoms with Crippen LogP contribution in [0, 0.1) is 0 Å². The lowest BCUT2D eigenvalue weighted by molar-refractivity contribution is -0.199. The summed E-state index contributed by atoms with van der Waals surface area (Å²) in [5.74, 6) is 4.28. The van der Waals surface area contributed by atoms with Crippen molar-refractivity contribution in [1.29, 1.82) is 0 Å². The van der Waals surface area contributed by atoms with E-state index >= 15 is 0 Å². The Bertz CT molecular complexity index is 402. The lowest BCUT2D eigenvalue weighted by atomic mass is 9.97. The highest BCUT2D eigenvalue weighted by atomic mass is 35.5. The molecule has 1 aliphatic rings. The number of halogens is 1. The summed E-state index contributed by atoms with van der Waals surface area (Å²) in [6.07, 6.45) is -3.18. The smallest absolute Gasteiger partial charge is 0.234 e. The van der Waals surface area contributed by atoms with Gasteiger partial charge in [-0.05, 0) is 12.8 Å². The van der Waals surface area contributed by atoms with Crippen LogP contribution < -0.4 is 27.9 Å². The van der Waals surface area contributed by atoms with Crippen LogP contribution >= 0.6 is 12.4 Å². The summed E-state index contributed by atoms with van der Waals surface area (Å²) in [7, 11) is 0. The van der Waals surface area contributed by atoms with Crippen LogP contribution in [0.3, 0.4) is 0 Å². The van der Waals surface area contributed by atoms with E-state index in [0.29, 0.717) is 12.8 Å². The van der Waals surface area contributed by atoms with E-state index in [4.69, 9.17) is 21.4 Å². The molecule has 5 atom stereocenters. The average Bonchev–Trinajstić information content (AvgIpc) is 2.55. The van der Waals surface area contributed by atoms with Gasteiger partial charge in [0.05, 0.1) is 12.6 Å². The molecule has 1 fully saturated rings. The van der Waals surface area contributed by atoms with Crippen LogP contribution in [-0.4, -0.2) is 64.3 Å². The van der Waals surface area contributed by atoms with E-state index in [2.05, 4.69) is 10.9 Å². The minimum Gasteiger partial charge on any atom is -0.394 e. The van der Waals surface area contributed by atoms with Gasteiger partial charge < -0.3 is 25.8 Å². The van der Waals surface area contributed by atoms with Crippen molar-refractivity contribution in [2.24, 2.45) is 11.6 Å². The Morgan fingerprint density at radius 2 is 1.67 bits per heavy atom. The molecule has 0 aromatic rings. The molecule has 0 aromatic heterocycles. The summed E-state index contributed by atoms with van der Waals surface area (Å²) < 4.78 is 5.27. The number of hydrazine groups is 2. The molecular weight excluding hydrogens is 346 g/mol. The second-order valence-corrected chi connectivity index (χ2v) is 5.30. The largest absolute Gasteiger partial charge is 0.394 e. The van der Waals surface area contributed by atoms with Crippen LogP contribution in [0.25, 0.3) is 0 Å². The fraction of sp³-hybridized carbons (Fsp3) is 0.833. The van der Waals surface area contributed by atoms with Crippen molar-refractivity contribution in [1.82, 2.24) is 16.3 Å². The van der Waals surface area contributed by atoms with Gasteiger partial charge in [0.2, 0.25) is 11.8 Å². The standard InChI is InChI=1S/C12H25N5O6.ClH/c13-9-11(22)10(21)6(5-18)23-12(9)17-16-8(20)4-2-1-3-7(19)15-14;/h6,9-12,17-18,21-22H,1-5,13-14H2,(H,15,19)(H,16,20);1H. The van der Waals surface area contributed by atoms with Gasteiger partial charge >= 0.3 is 0 Å². The van der Waals surface area contributed by atoms with Gasteiger partial charge in [0.15, 0.2) is 0 Å². The van der Waals surface area contributed by atoms with Gasteiger partial charge in [-0.1, -0.05) is 0 Å².